The van der Waals surface area contributed by atoms with Gasteiger partial charge in [0.25, 0.3) is 0 Å². The summed E-state index contributed by atoms with van der Waals surface area (Å²) in [5, 5.41) is 7.08. The van der Waals surface area contributed by atoms with Crippen LogP contribution >= 0.6 is 0 Å². The lowest BCUT2D eigenvalue weighted by Gasteiger charge is -2.29. The summed E-state index contributed by atoms with van der Waals surface area (Å²) in [5.74, 6) is 0.599. The maximum atomic E-state index is 12.2. The van der Waals surface area contributed by atoms with Gasteiger partial charge in [0.1, 0.15) is 0 Å². The molecule has 0 aliphatic heterocycles. The lowest BCUT2D eigenvalue weighted by Crippen LogP contribution is -2.39. The molecule has 1 heterocycles. The number of aryl methyl sites for hydroxylation is 1. The van der Waals surface area contributed by atoms with Crippen molar-refractivity contribution in [2.75, 3.05) is 6.54 Å². The van der Waals surface area contributed by atoms with Crippen molar-refractivity contribution in [2.45, 2.75) is 32.2 Å². The van der Waals surface area contributed by atoms with Crippen LogP contribution in [-0.4, -0.2) is 22.2 Å². The zero-order valence-corrected chi connectivity index (χ0v) is 10.9. The predicted octanol–water partition coefficient (Wildman–Crippen LogP) is 0.801. The largest absolute Gasteiger partial charge is 0.352 e. The maximum Gasteiger partial charge on any atom is 0.223 e. The molecular formula is C13H22N4O. The molecular weight excluding hydrogens is 228 g/mol. The summed E-state index contributed by atoms with van der Waals surface area (Å²) in [6, 6.07) is 0. The number of aromatic nitrogens is 2. The lowest BCUT2D eigenvalue weighted by atomic mass is 9.79. The number of amides is 1. The van der Waals surface area contributed by atoms with Crippen LogP contribution in [0.25, 0.3) is 0 Å². The maximum absolute atomic E-state index is 12.2. The quantitative estimate of drug-likeness (QED) is 0.830. The molecule has 1 aliphatic rings. The van der Waals surface area contributed by atoms with Crippen LogP contribution in [0.5, 0.6) is 0 Å². The Labute approximate surface area is 108 Å². The lowest BCUT2D eigenvalue weighted by molar-refractivity contribution is -0.127. The van der Waals surface area contributed by atoms with Gasteiger partial charge in [-0.25, -0.2) is 0 Å². The SMILES string of the molecule is Cn1cc(CNC(=O)C2CCCCC2CN)cn1. The van der Waals surface area contributed by atoms with Crippen molar-refractivity contribution in [3.8, 4) is 0 Å². The molecule has 2 atom stereocenters. The summed E-state index contributed by atoms with van der Waals surface area (Å²) in [6.45, 7) is 1.17. The van der Waals surface area contributed by atoms with E-state index in [4.69, 9.17) is 5.73 Å². The molecule has 5 nitrogen and oxygen atoms in total. The Morgan fingerprint density at radius 1 is 1.56 bits per heavy atom. The molecule has 1 aromatic rings. The fourth-order valence-corrected chi connectivity index (χ4v) is 2.72. The molecule has 100 valence electrons. The van der Waals surface area contributed by atoms with Crippen LogP contribution in [0.4, 0.5) is 0 Å². The number of hydrogen-bond acceptors (Lipinski definition) is 3. The highest BCUT2D eigenvalue weighted by Crippen LogP contribution is 2.29. The summed E-state index contributed by atoms with van der Waals surface area (Å²) in [4.78, 5) is 12.2. The number of nitrogens with zero attached hydrogens (tertiary/aromatic N) is 2. The van der Waals surface area contributed by atoms with Crippen LogP contribution in [0.2, 0.25) is 0 Å². The Hall–Kier alpha value is -1.36. The van der Waals surface area contributed by atoms with E-state index in [9.17, 15) is 4.79 Å². The standard InChI is InChI=1S/C13H22N4O/c1-17-9-10(8-16-17)7-15-13(18)12-5-3-2-4-11(12)6-14/h8-9,11-12H,2-7,14H2,1H3,(H,15,18). The molecule has 18 heavy (non-hydrogen) atoms. The minimum Gasteiger partial charge on any atom is -0.352 e. The highest BCUT2D eigenvalue weighted by Gasteiger charge is 2.29. The van der Waals surface area contributed by atoms with Crippen LogP contribution < -0.4 is 11.1 Å². The second-order valence-electron chi connectivity index (χ2n) is 5.13. The minimum absolute atomic E-state index is 0.0976. The van der Waals surface area contributed by atoms with Crippen LogP contribution in [-0.2, 0) is 18.4 Å². The number of hydrogen-bond donors (Lipinski definition) is 2. The van der Waals surface area contributed by atoms with Crippen LogP contribution in [0.3, 0.4) is 0 Å². The second kappa shape index (κ2) is 6.00. The third kappa shape index (κ3) is 3.10. The van der Waals surface area contributed by atoms with E-state index >= 15 is 0 Å². The van der Waals surface area contributed by atoms with Crippen molar-refractivity contribution in [1.82, 2.24) is 15.1 Å². The fraction of sp³-hybridized carbons (Fsp3) is 0.692. The molecule has 0 bridgehead atoms. The van der Waals surface area contributed by atoms with E-state index in [1.54, 1.807) is 10.9 Å². The molecule has 1 aliphatic carbocycles. The highest BCUT2D eigenvalue weighted by molar-refractivity contribution is 5.79. The van der Waals surface area contributed by atoms with Gasteiger partial charge in [0.15, 0.2) is 0 Å². The fourth-order valence-electron chi connectivity index (χ4n) is 2.72. The molecule has 2 unspecified atom stereocenters. The van der Waals surface area contributed by atoms with Gasteiger partial charge in [-0.1, -0.05) is 12.8 Å². The van der Waals surface area contributed by atoms with E-state index in [-0.39, 0.29) is 11.8 Å². The van der Waals surface area contributed by atoms with Crippen LogP contribution in [0.1, 0.15) is 31.2 Å². The number of nitrogens with one attached hydrogen (secondary N) is 1. The zero-order chi connectivity index (χ0) is 13.0. The summed E-state index contributed by atoms with van der Waals surface area (Å²) in [5.41, 5.74) is 6.78. The van der Waals surface area contributed by atoms with Gasteiger partial charge in [0.2, 0.25) is 5.91 Å². The number of carbonyl (C=O) groups is 1. The van der Waals surface area contributed by atoms with Crippen LogP contribution in [0.15, 0.2) is 12.4 Å². The molecule has 0 radical (unpaired) electrons. The topological polar surface area (TPSA) is 72.9 Å². The minimum atomic E-state index is 0.0976. The van der Waals surface area contributed by atoms with Gasteiger partial charge in [0.05, 0.1) is 6.20 Å². The molecule has 3 N–H and O–H groups in total. The van der Waals surface area contributed by atoms with E-state index in [0.717, 1.165) is 24.8 Å². The third-order valence-corrected chi connectivity index (χ3v) is 3.77. The van der Waals surface area contributed by atoms with Crippen LogP contribution in [0, 0.1) is 11.8 Å². The number of carbonyl (C=O) groups excluding carboxylic acids is 1. The first kappa shape index (κ1) is 13.1. The van der Waals surface area contributed by atoms with Gasteiger partial charge in [0, 0.05) is 31.3 Å². The first-order valence-electron chi connectivity index (χ1n) is 6.66. The average Bonchev–Trinajstić information content (AvgIpc) is 2.81. The Balaban J connectivity index is 1.86. The van der Waals surface area contributed by atoms with E-state index in [1.165, 1.54) is 6.42 Å². The Morgan fingerprint density at radius 3 is 3.00 bits per heavy atom. The first-order chi connectivity index (χ1) is 8.70. The van der Waals surface area contributed by atoms with Gasteiger partial charge >= 0.3 is 0 Å². The second-order valence-corrected chi connectivity index (χ2v) is 5.13. The first-order valence-corrected chi connectivity index (χ1v) is 6.66. The number of nitrogens with two attached hydrogens (primary N) is 1. The summed E-state index contributed by atoms with van der Waals surface area (Å²) in [7, 11) is 1.87. The molecule has 1 fully saturated rings. The Morgan fingerprint density at radius 2 is 2.33 bits per heavy atom. The van der Waals surface area contributed by atoms with Gasteiger partial charge in [-0.2, -0.15) is 5.10 Å². The van der Waals surface area contributed by atoms with Gasteiger partial charge in [-0.05, 0) is 25.3 Å². The summed E-state index contributed by atoms with van der Waals surface area (Å²) < 4.78 is 1.74. The normalized spacial score (nSPS) is 23.9. The molecule has 1 amide bonds. The molecule has 0 aromatic carbocycles. The Bertz CT molecular complexity index is 401. The monoisotopic (exact) mass is 250 g/mol. The summed E-state index contributed by atoms with van der Waals surface area (Å²) in [6.07, 6.45) is 8.10. The van der Waals surface area contributed by atoms with Crippen molar-refractivity contribution in [2.24, 2.45) is 24.6 Å². The highest BCUT2D eigenvalue weighted by atomic mass is 16.1. The Kier molecular flexibility index (Phi) is 4.36. The van der Waals surface area contributed by atoms with E-state index < -0.39 is 0 Å². The third-order valence-electron chi connectivity index (χ3n) is 3.77. The van der Waals surface area contributed by atoms with E-state index in [0.29, 0.717) is 19.0 Å². The van der Waals surface area contributed by atoms with Crippen molar-refractivity contribution >= 4 is 5.91 Å². The average molecular weight is 250 g/mol. The van der Waals surface area contributed by atoms with Crippen molar-refractivity contribution < 1.29 is 4.79 Å². The molecule has 1 aromatic heterocycles. The van der Waals surface area contributed by atoms with Crippen molar-refractivity contribution in [3.63, 3.8) is 0 Å². The molecule has 0 saturated heterocycles. The molecule has 0 spiro atoms. The van der Waals surface area contributed by atoms with Crippen molar-refractivity contribution in [1.29, 1.82) is 0 Å². The van der Waals surface area contributed by atoms with E-state index in [2.05, 4.69) is 10.4 Å². The summed E-state index contributed by atoms with van der Waals surface area (Å²) >= 11 is 0. The zero-order valence-electron chi connectivity index (χ0n) is 10.9. The van der Waals surface area contributed by atoms with Gasteiger partial charge in [-0.3, -0.25) is 9.48 Å². The molecule has 5 heteroatoms. The number of rotatable bonds is 4. The van der Waals surface area contributed by atoms with Crippen molar-refractivity contribution in [3.05, 3.63) is 18.0 Å². The smallest absolute Gasteiger partial charge is 0.223 e. The molecule has 2 rings (SSSR count). The molecule has 1 saturated carbocycles. The van der Waals surface area contributed by atoms with E-state index in [1.807, 2.05) is 13.2 Å². The van der Waals surface area contributed by atoms with Gasteiger partial charge in [-0.15, -0.1) is 0 Å². The predicted molar refractivity (Wildman–Crippen MR) is 69.6 cm³/mol. The van der Waals surface area contributed by atoms with Gasteiger partial charge < -0.3 is 11.1 Å².